The fraction of sp³-hybridized carbons (Fsp3) is 0.444. The van der Waals surface area contributed by atoms with Gasteiger partial charge in [0.15, 0.2) is 16.5 Å². The van der Waals surface area contributed by atoms with E-state index in [4.69, 9.17) is 0 Å². The lowest BCUT2D eigenvalue weighted by atomic mass is 9.99. The van der Waals surface area contributed by atoms with Crippen molar-refractivity contribution in [3.05, 3.63) is 40.2 Å². The van der Waals surface area contributed by atoms with Gasteiger partial charge in [0.1, 0.15) is 0 Å². The van der Waals surface area contributed by atoms with E-state index in [0.29, 0.717) is 32.4 Å². The number of carbonyl (C=O) groups excluding carboxylic acids is 1. The highest BCUT2D eigenvalue weighted by Crippen LogP contribution is 2.41. The quantitative estimate of drug-likeness (QED) is 0.777. The molecule has 2 amide bonds. The number of aliphatic imine (C=N–C) groups is 1. The first-order chi connectivity index (χ1) is 14.3. The SMILES string of the molecule is CN(C)C(=O)NCC1(F)CC2=C(c3cnn(C(F)F)c3)CN=C(c3nccs3)N2C1. The number of fused-ring (bicyclic) bond motifs is 1. The summed E-state index contributed by atoms with van der Waals surface area (Å²) in [6.07, 6.45) is 4.23. The van der Waals surface area contributed by atoms with Crippen LogP contribution in [0.5, 0.6) is 0 Å². The van der Waals surface area contributed by atoms with Crippen molar-refractivity contribution in [2.75, 3.05) is 33.7 Å². The molecule has 1 unspecified atom stereocenters. The number of amides is 2. The molecule has 0 aliphatic carbocycles. The minimum atomic E-state index is -2.76. The third kappa shape index (κ3) is 3.78. The third-order valence-electron chi connectivity index (χ3n) is 4.98. The number of rotatable bonds is 5. The standard InChI is InChI=1S/C18H20F3N7OS/c1-26(2)17(29)24-9-18(21)5-13-12(11-6-25-28(8-11)16(19)20)7-23-14(27(13)10-18)15-22-3-4-30-15/h3-4,6,8,16H,5,7,9-10H2,1-2H3,(H,24,29). The van der Waals surface area contributed by atoms with Gasteiger partial charge in [-0.15, -0.1) is 11.3 Å². The number of halogens is 3. The van der Waals surface area contributed by atoms with E-state index in [0.717, 1.165) is 0 Å². The van der Waals surface area contributed by atoms with Crippen LogP contribution in [0.15, 0.2) is 34.7 Å². The number of thiazole rings is 1. The van der Waals surface area contributed by atoms with Crippen molar-refractivity contribution in [3.8, 4) is 0 Å². The Morgan fingerprint density at radius 3 is 2.87 bits per heavy atom. The summed E-state index contributed by atoms with van der Waals surface area (Å²) in [5.74, 6) is 0.545. The maximum atomic E-state index is 15.8. The number of carbonyl (C=O) groups is 1. The van der Waals surface area contributed by atoms with Gasteiger partial charge >= 0.3 is 12.6 Å². The second-order valence-corrected chi connectivity index (χ2v) is 8.25. The number of aromatic nitrogens is 3. The van der Waals surface area contributed by atoms with Crippen LogP contribution in [0, 0.1) is 0 Å². The Balaban J connectivity index is 1.67. The topological polar surface area (TPSA) is 78.6 Å². The number of alkyl halides is 3. The Kier molecular flexibility index (Phi) is 5.26. The van der Waals surface area contributed by atoms with Gasteiger partial charge in [-0.2, -0.15) is 13.9 Å². The van der Waals surface area contributed by atoms with Crippen LogP contribution in [0.25, 0.3) is 5.57 Å². The highest BCUT2D eigenvalue weighted by atomic mass is 32.1. The van der Waals surface area contributed by atoms with E-state index in [2.05, 4.69) is 20.4 Å². The van der Waals surface area contributed by atoms with Crippen LogP contribution in [-0.4, -0.2) is 75.8 Å². The Morgan fingerprint density at radius 2 is 2.23 bits per heavy atom. The molecule has 0 aromatic carbocycles. The van der Waals surface area contributed by atoms with Crippen LogP contribution in [0.3, 0.4) is 0 Å². The minimum Gasteiger partial charge on any atom is -0.335 e. The summed E-state index contributed by atoms with van der Waals surface area (Å²) in [6, 6.07) is -0.391. The fourth-order valence-electron chi connectivity index (χ4n) is 3.52. The Bertz CT molecular complexity index is 1000. The lowest BCUT2D eigenvalue weighted by molar-refractivity contribution is 0.0566. The monoisotopic (exact) mass is 439 g/mol. The van der Waals surface area contributed by atoms with Crippen LogP contribution in [0.2, 0.25) is 0 Å². The van der Waals surface area contributed by atoms with E-state index in [1.54, 1.807) is 30.6 Å². The summed E-state index contributed by atoms with van der Waals surface area (Å²) in [5, 5.41) is 8.73. The number of allylic oxidation sites excluding steroid dienone is 1. The van der Waals surface area contributed by atoms with Crippen LogP contribution in [0.1, 0.15) is 23.5 Å². The summed E-state index contributed by atoms with van der Waals surface area (Å²) in [4.78, 5) is 23.8. The van der Waals surface area contributed by atoms with Crippen molar-refractivity contribution in [3.63, 3.8) is 0 Å². The molecule has 4 rings (SSSR count). The molecule has 12 heteroatoms. The number of nitrogens with zero attached hydrogens (tertiary/aromatic N) is 6. The highest BCUT2D eigenvalue weighted by molar-refractivity contribution is 7.11. The van der Waals surface area contributed by atoms with Crippen molar-refractivity contribution in [2.24, 2.45) is 4.99 Å². The van der Waals surface area contributed by atoms with E-state index in [9.17, 15) is 13.6 Å². The molecule has 0 radical (unpaired) electrons. The maximum Gasteiger partial charge on any atom is 0.333 e. The Labute approximate surface area is 174 Å². The van der Waals surface area contributed by atoms with Crippen LogP contribution >= 0.6 is 11.3 Å². The van der Waals surface area contributed by atoms with Gasteiger partial charge in [0.05, 0.1) is 25.8 Å². The van der Waals surface area contributed by atoms with Gasteiger partial charge in [-0.05, 0) is 0 Å². The van der Waals surface area contributed by atoms with E-state index in [1.807, 2.05) is 0 Å². The molecular weight excluding hydrogens is 419 g/mol. The van der Waals surface area contributed by atoms with Gasteiger partial charge in [0.25, 0.3) is 0 Å². The van der Waals surface area contributed by atoms with E-state index in [-0.39, 0.29) is 26.1 Å². The molecule has 0 spiro atoms. The second-order valence-electron chi connectivity index (χ2n) is 7.36. The average molecular weight is 439 g/mol. The number of urea groups is 1. The first kappa shape index (κ1) is 20.4. The largest absolute Gasteiger partial charge is 0.335 e. The summed E-state index contributed by atoms with van der Waals surface area (Å²) in [6.45, 7) is -2.77. The smallest absolute Gasteiger partial charge is 0.333 e. The zero-order chi connectivity index (χ0) is 21.5. The van der Waals surface area contributed by atoms with Gasteiger partial charge in [0.2, 0.25) is 0 Å². The van der Waals surface area contributed by atoms with Crippen molar-refractivity contribution < 1.29 is 18.0 Å². The number of amidine groups is 1. The molecule has 8 nitrogen and oxygen atoms in total. The van der Waals surface area contributed by atoms with Crippen molar-refractivity contribution in [1.82, 2.24) is 29.9 Å². The number of hydrogen-bond acceptors (Lipinski definition) is 6. The number of nitrogens with one attached hydrogen (secondary N) is 1. The van der Waals surface area contributed by atoms with Gasteiger partial charge in [-0.1, -0.05) is 0 Å². The second kappa shape index (κ2) is 7.74. The van der Waals surface area contributed by atoms with Crippen LogP contribution in [-0.2, 0) is 0 Å². The molecule has 4 heterocycles. The van der Waals surface area contributed by atoms with Gasteiger partial charge in [-0.25, -0.2) is 18.9 Å². The molecule has 1 fully saturated rings. The summed E-state index contributed by atoms with van der Waals surface area (Å²) < 4.78 is 42.2. The zero-order valence-corrected chi connectivity index (χ0v) is 17.2. The molecule has 2 aliphatic heterocycles. The maximum absolute atomic E-state index is 15.8. The van der Waals surface area contributed by atoms with Crippen LogP contribution in [0.4, 0.5) is 18.0 Å². The van der Waals surface area contributed by atoms with Crippen molar-refractivity contribution >= 4 is 28.8 Å². The molecule has 0 bridgehead atoms. The first-order valence-corrected chi connectivity index (χ1v) is 10.1. The predicted octanol–water partition coefficient (Wildman–Crippen LogP) is 2.59. The van der Waals surface area contributed by atoms with E-state index < -0.39 is 18.2 Å². The van der Waals surface area contributed by atoms with Gasteiger partial charge in [-0.3, -0.25) is 4.99 Å². The molecule has 1 atom stereocenters. The third-order valence-corrected chi connectivity index (χ3v) is 5.75. The first-order valence-electron chi connectivity index (χ1n) is 9.18. The average Bonchev–Trinajstić information content (AvgIpc) is 3.44. The van der Waals surface area contributed by atoms with Crippen molar-refractivity contribution in [2.45, 2.75) is 18.6 Å². The molecule has 160 valence electrons. The minimum absolute atomic E-state index is 0.0142. The molecule has 30 heavy (non-hydrogen) atoms. The summed E-state index contributed by atoms with van der Waals surface area (Å²) in [5.41, 5.74) is 0.0120. The highest BCUT2D eigenvalue weighted by Gasteiger charge is 2.46. The summed E-state index contributed by atoms with van der Waals surface area (Å²) in [7, 11) is 3.15. The molecule has 2 aromatic rings. The summed E-state index contributed by atoms with van der Waals surface area (Å²) >= 11 is 1.39. The normalized spacial score (nSPS) is 21.1. The van der Waals surface area contributed by atoms with E-state index >= 15 is 4.39 Å². The molecule has 2 aromatic heterocycles. The predicted molar refractivity (Wildman–Crippen MR) is 106 cm³/mol. The number of hydrogen-bond donors (Lipinski definition) is 1. The van der Waals surface area contributed by atoms with Crippen molar-refractivity contribution in [1.29, 1.82) is 0 Å². The molecule has 1 saturated heterocycles. The molecule has 1 N–H and O–H groups in total. The lowest BCUT2D eigenvalue weighted by Gasteiger charge is -2.27. The van der Waals surface area contributed by atoms with Gasteiger partial charge < -0.3 is 15.1 Å². The molecule has 2 aliphatic rings. The molecular formula is C18H20F3N7OS. The lowest BCUT2D eigenvalue weighted by Crippen LogP contribution is -2.45. The fourth-order valence-corrected chi connectivity index (χ4v) is 4.17. The Morgan fingerprint density at radius 1 is 1.43 bits per heavy atom. The van der Waals surface area contributed by atoms with E-state index in [1.165, 1.54) is 28.6 Å². The van der Waals surface area contributed by atoms with Crippen LogP contribution < -0.4 is 5.32 Å². The zero-order valence-electron chi connectivity index (χ0n) is 16.3. The molecule has 0 saturated carbocycles. The Hall–Kier alpha value is -2.89. The van der Waals surface area contributed by atoms with Gasteiger partial charge in [0, 0.05) is 55.1 Å².